The van der Waals surface area contributed by atoms with Gasteiger partial charge in [0.15, 0.2) is 0 Å². The van der Waals surface area contributed by atoms with E-state index < -0.39 is 0 Å². The largest absolute Gasteiger partial charge is 0.482 e. The van der Waals surface area contributed by atoms with Gasteiger partial charge in [0.2, 0.25) is 0 Å². The molecule has 4 heterocycles. The maximum Gasteiger partial charge on any atom is 0.140 e. The first-order valence-electron chi connectivity index (χ1n) is 8.10. The zero-order valence-corrected chi connectivity index (χ0v) is 16.8. The molecule has 0 atom stereocenters. The van der Waals surface area contributed by atoms with Crippen molar-refractivity contribution in [3.8, 4) is 25.9 Å². The second kappa shape index (κ2) is 5.13. The van der Waals surface area contributed by atoms with Gasteiger partial charge in [-0.05, 0) is 45.4 Å². The molecule has 3 aromatic heterocycles. The molecule has 3 nitrogen and oxygen atoms in total. The van der Waals surface area contributed by atoms with Gasteiger partial charge >= 0.3 is 0 Å². The van der Waals surface area contributed by atoms with Crippen molar-refractivity contribution in [2.45, 2.75) is 33.3 Å². The average molecular weight is 385 g/mol. The van der Waals surface area contributed by atoms with E-state index in [1.165, 1.54) is 42.4 Å². The first-order valence-corrected chi connectivity index (χ1v) is 10.5. The number of benzene rings is 1. The van der Waals surface area contributed by atoms with E-state index in [4.69, 9.17) is 4.74 Å². The molecule has 0 saturated heterocycles. The quantitative estimate of drug-likeness (QED) is 0.381. The molecule has 0 bridgehead atoms. The molecule has 0 aliphatic carbocycles. The van der Waals surface area contributed by atoms with Crippen molar-refractivity contribution in [1.29, 1.82) is 0 Å². The molecule has 1 aliphatic heterocycles. The van der Waals surface area contributed by atoms with Gasteiger partial charge in [0.1, 0.15) is 22.4 Å². The van der Waals surface area contributed by atoms with Crippen molar-refractivity contribution in [3.05, 3.63) is 40.3 Å². The number of ether oxygens (including phenoxy) is 1. The number of hydrogen-bond donors (Lipinski definition) is 0. The van der Waals surface area contributed by atoms with Crippen molar-refractivity contribution in [2.24, 2.45) is 0 Å². The topological polar surface area (TPSA) is 35.0 Å². The van der Waals surface area contributed by atoms with E-state index in [0.717, 1.165) is 22.3 Å². The average Bonchev–Trinajstić information content (AvgIpc) is 3.24. The van der Waals surface area contributed by atoms with Crippen LogP contribution in [0.1, 0.15) is 29.9 Å². The lowest BCUT2D eigenvalue weighted by Crippen LogP contribution is -2.27. The summed E-state index contributed by atoms with van der Waals surface area (Å²) in [4.78, 5) is 5.10. The third-order valence-electron chi connectivity index (χ3n) is 4.66. The van der Waals surface area contributed by atoms with E-state index in [9.17, 15) is 0 Å². The molecule has 0 unspecified atom stereocenters. The molecule has 0 N–H and O–H groups in total. The van der Waals surface area contributed by atoms with Crippen molar-refractivity contribution >= 4 is 45.4 Å². The number of aromatic nitrogens is 2. The number of thiophene rings is 2. The van der Waals surface area contributed by atoms with E-state index in [0.29, 0.717) is 0 Å². The summed E-state index contributed by atoms with van der Waals surface area (Å²) in [6, 6.07) is 8.71. The molecule has 5 rings (SSSR count). The summed E-state index contributed by atoms with van der Waals surface area (Å²) in [5.41, 5.74) is 5.30. The third kappa shape index (κ3) is 2.21. The Morgan fingerprint density at radius 2 is 1.76 bits per heavy atom. The summed E-state index contributed by atoms with van der Waals surface area (Å²) >= 11 is 4.93. The Morgan fingerprint density at radius 3 is 2.60 bits per heavy atom. The number of nitrogens with zero attached hydrogens (tertiary/aromatic N) is 2. The highest BCUT2D eigenvalue weighted by molar-refractivity contribution is 7.24. The van der Waals surface area contributed by atoms with Crippen LogP contribution in [-0.2, 0) is 5.60 Å². The summed E-state index contributed by atoms with van der Waals surface area (Å²) in [6.07, 6.45) is 0. The number of hydrogen-bond acceptors (Lipinski definition) is 6. The van der Waals surface area contributed by atoms with Gasteiger partial charge in [-0.1, -0.05) is 12.1 Å². The van der Waals surface area contributed by atoms with Crippen LogP contribution in [0.3, 0.4) is 0 Å². The lowest BCUT2D eigenvalue weighted by Gasteiger charge is -2.31. The zero-order valence-electron chi connectivity index (χ0n) is 14.3. The summed E-state index contributed by atoms with van der Waals surface area (Å²) in [5.74, 6) is 0.983. The first kappa shape index (κ1) is 15.5. The minimum atomic E-state index is -0.295. The fourth-order valence-corrected chi connectivity index (χ4v) is 6.43. The predicted molar refractivity (Wildman–Crippen MR) is 107 cm³/mol. The standard InChI is InChI=1S/C19H16N2OS3/c1-9-5-6-11(16-15(9)20-25-21-16)14-8-13-18(24-14)17-12(7-10(2)23-17)19(3,4)22-13/h5-8H,1-4H3. The summed E-state index contributed by atoms with van der Waals surface area (Å²) in [6.45, 7) is 8.54. The molecular formula is C19H16N2OS3. The maximum atomic E-state index is 6.36. The Bertz CT molecular complexity index is 1130. The molecule has 0 radical (unpaired) electrons. The lowest BCUT2D eigenvalue weighted by atomic mass is 9.95. The highest BCUT2D eigenvalue weighted by Gasteiger charge is 2.36. The van der Waals surface area contributed by atoms with Gasteiger partial charge in [0, 0.05) is 20.9 Å². The Balaban J connectivity index is 1.74. The SMILES string of the molecule is Cc1cc2c(s1)-c1sc(-c3ccc(C)c4nsnc34)cc1OC2(C)C. The summed E-state index contributed by atoms with van der Waals surface area (Å²) in [5, 5.41) is 0. The minimum absolute atomic E-state index is 0.295. The van der Waals surface area contributed by atoms with Crippen molar-refractivity contribution < 1.29 is 4.74 Å². The lowest BCUT2D eigenvalue weighted by molar-refractivity contribution is 0.107. The van der Waals surface area contributed by atoms with Crippen LogP contribution in [0.4, 0.5) is 0 Å². The number of fused-ring (bicyclic) bond motifs is 4. The fourth-order valence-electron chi connectivity index (χ4n) is 3.39. The minimum Gasteiger partial charge on any atom is -0.482 e. The van der Waals surface area contributed by atoms with Crippen LogP contribution in [0.5, 0.6) is 5.75 Å². The summed E-state index contributed by atoms with van der Waals surface area (Å²) in [7, 11) is 0. The van der Waals surface area contributed by atoms with Crippen LogP contribution >= 0.6 is 34.4 Å². The molecule has 0 spiro atoms. The number of rotatable bonds is 1. The van der Waals surface area contributed by atoms with Gasteiger partial charge in [-0.3, -0.25) is 0 Å². The van der Waals surface area contributed by atoms with Crippen molar-refractivity contribution in [1.82, 2.24) is 8.75 Å². The van der Waals surface area contributed by atoms with Crippen LogP contribution < -0.4 is 4.74 Å². The van der Waals surface area contributed by atoms with E-state index in [1.54, 1.807) is 11.3 Å². The second-order valence-electron chi connectivity index (χ2n) is 6.91. The fraction of sp³-hybridized carbons (Fsp3) is 0.263. The van der Waals surface area contributed by atoms with Gasteiger partial charge in [0.05, 0.1) is 21.5 Å². The molecule has 4 aromatic rings. The van der Waals surface area contributed by atoms with E-state index in [2.05, 4.69) is 60.7 Å². The highest BCUT2D eigenvalue weighted by Crippen LogP contribution is 2.54. The normalized spacial score (nSPS) is 15.0. The van der Waals surface area contributed by atoms with Crippen molar-refractivity contribution in [2.75, 3.05) is 0 Å². The molecule has 0 fully saturated rings. The molecule has 6 heteroatoms. The Morgan fingerprint density at radius 1 is 0.960 bits per heavy atom. The monoisotopic (exact) mass is 384 g/mol. The molecule has 0 amide bonds. The third-order valence-corrected chi connectivity index (χ3v) is 7.55. The Hall–Kier alpha value is -1.76. The zero-order chi connectivity index (χ0) is 17.3. The first-order chi connectivity index (χ1) is 11.9. The van der Waals surface area contributed by atoms with Crippen molar-refractivity contribution in [3.63, 3.8) is 0 Å². The van der Waals surface area contributed by atoms with Gasteiger partial charge < -0.3 is 4.74 Å². The smallest absolute Gasteiger partial charge is 0.140 e. The molecular weight excluding hydrogens is 368 g/mol. The van der Waals surface area contributed by atoms with Gasteiger partial charge in [0.25, 0.3) is 0 Å². The highest BCUT2D eigenvalue weighted by atomic mass is 32.1. The Kier molecular flexibility index (Phi) is 3.18. The molecule has 126 valence electrons. The maximum absolute atomic E-state index is 6.36. The van der Waals surface area contributed by atoms with E-state index in [-0.39, 0.29) is 5.60 Å². The van der Waals surface area contributed by atoms with Gasteiger partial charge in [-0.2, -0.15) is 8.75 Å². The van der Waals surface area contributed by atoms with Crippen LogP contribution in [0.15, 0.2) is 24.3 Å². The molecule has 1 aromatic carbocycles. The van der Waals surface area contributed by atoms with E-state index >= 15 is 0 Å². The van der Waals surface area contributed by atoms with Crippen LogP contribution in [0.25, 0.3) is 31.2 Å². The Labute approximate surface area is 158 Å². The van der Waals surface area contributed by atoms with Crippen LogP contribution in [0.2, 0.25) is 0 Å². The second-order valence-corrected chi connectivity index (χ2v) is 9.74. The van der Waals surface area contributed by atoms with Gasteiger partial charge in [-0.15, -0.1) is 22.7 Å². The predicted octanol–water partition coefficient (Wildman–Crippen LogP) is 6.39. The summed E-state index contributed by atoms with van der Waals surface area (Å²) < 4.78 is 15.4. The van der Waals surface area contributed by atoms with Crippen LogP contribution in [0, 0.1) is 13.8 Å². The van der Waals surface area contributed by atoms with Crippen LogP contribution in [-0.4, -0.2) is 8.75 Å². The van der Waals surface area contributed by atoms with Gasteiger partial charge in [-0.25, -0.2) is 0 Å². The molecule has 25 heavy (non-hydrogen) atoms. The molecule has 1 aliphatic rings. The number of aryl methyl sites for hydroxylation is 2. The van der Waals surface area contributed by atoms with E-state index in [1.807, 2.05) is 11.3 Å². The molecule has 0 saturated carbocycles.